The molecule has 7 nitrogen and oxygen atoms in total. The summed E-state index contributed by atoms with van der Waals surface area (Å²) in [5.41, 5.74) is 2.14. The zero-order chi connectivity index (χ0) is 16.8. The normalized spacial score (nSPS) is 10.4. The summed E-state index contributed by atoms with van der Waals surface area (Å²) >= 11 is 0. The van der Waals surface area contributed by atoms with E-state index in [2.05, 4.69) is 20.7 Å². The molecule has 7 heteroatoms. The number of aromatic nitrogens is 4. The molecule has 24 heavy (non-hydrogen) atoms. The van der Waals surface area contributed by atoms with Crippen LogP contribution < -0.4 is 14.8 Å². The maximum absolute atomic E-state index is 5.85. The van der Waals surface area contributed by atoms with Crippen molar-refractivity contribution in [3.8, 4) is 11.5 Å². The van der Waals surface area contributed by atoms with Crippen LogP contribution in [0, 0.1) is 0 Å². The topological polar surface area (TPSA) is 74.1 Å². The van der Waals surface area contributed by atoms with Crippen LogP contribution in [0.4, 0.5) is 5.95 Å². The Morgan fingerprint density at radius 2 is 1.88 bits per heavy atom. The molecule has 3 aromatic rings. The number of methoxy groups -OCH3 is 1. The molecule has 3 rings (SSSR count). The molecule has 0 amide bonds. The van der Waals surface area contributed by atoms with E-state index < -0.39 is 0 Å². The molecule has 0 radical (unpaired) electrons. The van der Waals surface area contributed by atoms with Gasteiger partial charge in [0.15, 0.2) is 11.5 Å². The van der Waals surface area contributed by atoms with Gasteiger partial charge in [-0.25, -0.2) is 0 Å². The monoisotopic (exact) mass is 325 g/mol. The van der Waals surface area contributed by atoms with Gasteiger partial charge in [-0.3, -0.25) is 0 Å². The van der Waals surface area contributed by atoms with E-state index in [1.54, 1.807) is 14.2 Å². The van der Waals surface area contributed by atoms with Crippen LogP contribution >= 0.6 is 0 Å². The van der Waals surface area contributed by atoms with Crippen LogP contribution in [0.15, 0.2) is 48.5 Å². The Kier molecular flexibility index (Phi) is 4.90. The summed E-state index contributed by atoms with van der Waals surface area (Å²) in [6, 6.07) is 15.8. The fourth-order valence-electron chi connectivity index (χ4n) is 2.21. The highest BCUT2D eigenvalue weighted by Gasteiger charge is 2.07. The van der Waals surface area contributed by atoms with Crippen molar-refractivity contribution in [3.63, 3.8) is 0 Å². The molecule has 0 fully saturated rings. The number of hydrogen-bond donors (Lipinski definition) is 1. The lowest BCUT2D eigenvalue weighted by atomic mass is 10.2. The minimum Gasteiger partial charge on any atom is -0.493 e. The smallest absolute Gasteiger partial charge is 0.263 e. The van der Waals surface area contributed by atoms with E-state index in [-0.39, 0.29) is 0 Å². The van der Waals surface area contributed by atoms with Crippen LogP contribution in [0.5, 0.6) is 11.5 Å². The Bertz CT molecular complexity index is 789. The van der Waals surface area contributed by atoms with Crippen molar-refractivity contribution in [2.24, 2.45) is 7.05 Å². The van der Waals surface area contributed by atoms with E-state index in [4.69, 9.17) is 9.47 Å². The molecule has 1 N–H and O–H groups in total. The van der Waals surface area contributed by atoms with Crippen LogP contribution in [0.25, 0.3) is 0 Å². The van der Waals surface area contributed by atoms with E-state index in [1.807, 2.05) is 48.5 Å². The first-order valence-electron chi connectivity index (χ1n) is 7.56. The third-order valence-corrected chi connectivity index (χ3v) is 3.42. The molecule has 0 aliphatic heterocycles. The standard InChI is InChI=1S/C17H19N5O2/c1-22-20-17(19-21-22)18-11-14-8-9-15(16(10-14)23-2)24-12-13-6-4-3-5-7-13/h3-10H,11-12H2,1-2H3,(H,18,20). The molecule has 0 aliphatic carbocycles. The summed E-state index contributed by atoms with van der Waals surface area (Å²) in [4.78, 5) is 1.41. The quantitative estimate of drug-likeness (QED) is 0.719. The summed E-state index contributed by atoms with van der Waals surface area (Å²) in [7, 11) is 3.35. The molecular formula is C17H19N5O2. The summed E-state index contributed by atoms with van der Waals surface area (Å²) in [6.45, 7) is 1.07. The van der Waals surface area contributed by atoms with Crippen molar-refractivity contribution in [3.05, 3.63) is 59.7 Å². The molecule has 0 aliphatic rings. The first kappa shape index (κ1) is 15.8. The number of benzene rings is 2. The third kappa shape index (κ3) is 4.01. The number of ether oxygens (including phenoxy) is 2. The molecule has 0 bridgehead atoms. The van der Waals surface area contributed by atoms with Crippen molar-refractivity contribution >= 4 is 5.95 Å². The SMILES string of the molecule is COc1cc(CNc2nnn(C)n2)ccc1OCc1ccccc1. The molecule has 0 saturated carbocycles. The van der Waals surface area contributed by atoms with E-state index in [9.17, 15) is 0 Å². The van der Waals surface area contributed by atoms with Gasteiger partial charge in [0.25, 0.3) is 5.95 Å². The molecule has 0 unspecified atom stereocenters. The molecule has 0 spiro atoms. The highest BCUT2D eigenvalue weighted by molar-refractivity contribution is 5.44. The van der Waals surface area contributed by atoms with Crippen molar-refractivity contribution in [2.75, 3.05) is 12.4 Å². The van der Waals surface area contributed by atoms with Crippen molar-refractivity contribution in [1.82, 2.24) is 20.2 Å². The van der Waals surface area contributed by atoms with Crippen molar-refractivity contribution in [1.29, 1.82) is 0 Å². The van der Waals surface area contributed by atoms with Crippen LogP contribution in [-0.2, 0) is 20.2 Å². The summed E-state index contributed by atoms with van der Waals surface area (Å²) in [5, 5.41) is 14.9. The fourth-order valence-corrected chi connectivity index (χ4v) is 2.21. The lowest BCUT2D eigenvalue weighted by molar-refractivity contribution is 0.284. The van der Waals surface area contributed by atoms with Crippen molar-refractivity contribution < 1.29 is 9.47 Å². The largest absolute Gasteiger partial charge is 0.493 e. The Balaban J connectivity index is 1.64. The Hall–Kier alpha value is -3.09. The lowest BCUT2D eigenvalue weighted by Crippen LogP contribution is -2.03. The molecule has 0 saturated heterocycles. The van der Waals surface area contributed by atoms with Gasteiger partial charge in [-0.05, 0) is 28.5 Å². The summed E-state index contributed by atoms with van der Waals surface area (Å²) in [5.74, 6) is 1.89. The second-order valence-electron chi connectivity index (χ2n) is 5.22. The van der Waals surface area contributed by atoms with Crippen LogP contribution in [0.2, 0.25) is 0 Å². The molecule has 2 aromatic carbocycles. The zero-order valence-corrected chi connectivity index (χ0v) is 13.6. The van der Waals surface area contributed by atoms with Crippen LogP contribution in [-0.4, -0.2) is 27.3 Å². The number of nitrogens with zero attached hydrogens (tertiary/aromatic N) is 4. The summed E-state index contributed by atoms with van der Waals surface area (Å²) in [6.07, 6.45) is 0. The number of anilines is 1. The predicted octanol–water partition coefficient (Wildman–Crippen LogP) is 2.41. The number of tetrazole rings is 1. The Morgan fingerprint density at radius 1 is 1.04 bits per heavy atom. The van der Waals surface area contributed by atoms with Gasteiger partial charge in [-0.2, -0.15) is 4.80 Å². The molecule has 124 valence electrons. The Morgan fingerprint density at radius 3 is 2.58 bits per heavy atom. The van der Waals surface area contributed by atoms with Gasteiger partial charge >= 0.3 is 0 Å². The van der Waals surface area contributed by atoms with E-state index in [0.717, 1.165) is 11.1 Å². The van der Waals surface area contributed by atoms with Gasteiger partial charge in [-0.1, -0.05) is 41.5 Å². The predicted molar refractivity (Wildman–Crippen MR) is 89.9 cm³/mol. The van der Waals surface area contributed by atoms with E-state index >= 15 is 0 Å². The average molecular weight is 325 g/mol. The number of aryl methyl sites for hydroxylation is 1. The maximum Gasteiger partial charge on any atom is 0.263 e. The second kappa shape index (κ2) is 7.45. The number of hydrogen-bond acceptors (Lipinski definition) is 6. The first-order chi connectivity index (χ1) is 11.7. The molecular weight excluding hydrogens is 306 g/mol. The van der Waals surface area contributed by atoms with E-state index in [1.165, 1.54) is 4.80 Å². The first-order valence-corrected chi connectivity index (χ1v) is 7.56. The third-order valence-electron chi connectivity index (χ3n) is 3.42. The average Bonchev–Trinajstić information content (AvgIpc) is 3.04. The maximum atomic E-state index is 5.85. The minimum absolute atomic E-state index is 0.487. The zero-order valence-electron chi connectivity index (χ0n) is 13.6. The number of rotatable bonds is 7. The molecule has 1 heterocycles. The number of nitrogens with one attached hydrogen (secondary N) is 1. The molecule has 1 aromatic heterocycles. The van der Waals surface area contributed by atoms with Gasteiger partial charge in [0.1, 0.15) is 6.61 Å². The minimum atomic E-state index is 0.487. The highest BCUT2D eigenvalue weighted by atomic mass is 16.5. The Labute approximate surface area is 140 Å². The van der Waals surface area contributed by atoms with Gasteiger partial charge in [0.05, 0.1) is 14.2 Å². The summed E-state index contributed by atoms with van der Waals surface area (Å²) < 4.78 is 11.3. The second-order valence-corrected chi connectivity index (χ2v) is 5.22. The van der Waals surface area contributed by atoms with Gasteiger partial charge in [0, 0.05) is 6.54 Å². The van der Waals surface area contributed by atoms with Crippen LogP contribution in [0.3, 0.4) is 0 Å². The van der Waals surface area contributed by atoms with E-state index in [0.29, 0.717) is 30.6 Å². The fraction of sp³-hybridized carbons (Fsp3) is 0.235. The van der Waals surface area contributed by atoms with Crippen molar-refractivity contribution in [2.45, 2.75) is 13.2 Å². The molecule has 0 atom stereocenters. The van der Waals surface area contributed by atoms with Gasteiger partial charge in [-0.15, -0.1) is 5.10 Å². The lowest BCUT2D eigenvalue weighted by Gasteiger charge is -2.12. The highest BCUT2D eigenvalue weighted by Crippen LogP contribution is 2.29. The van der Waals surface area contributed by atoms with Gasteiger partial charge < -0.3 is 14.8 Å². The van der Waals surface area contributed by atoms with Crippen LogP contribution in [0.1, 0.15) is 11.1 Å². The van der Waals surface area contributed by atoms with Gasteiger partial charge in [0.2, 0.25) is 0 Å².